The number of nitrogens with zero attached hydrogens (tertiary/aromatic N) is 3. The fourth-order valence-electron chi connectivity index (χ4n) is 1.63. The number of benzene rings is 1. The quantitative estimate of drug-likeness (QED) is 0.871. The Kier molecular flexibility index (Phi) is 3.24. The van der Waals surface area contributed by atoms with E-state index < -0.39 is 0 Å². The number of para-hydroxylation sites is 1. The van der Waals surface area contributed by atoms with E-state index in [1.165, 1.54) is 0 Å². The van der Waals surface area contributed by atoms with Crippen LogP contribution < -0.4 is 5.32 Å². The molecule has 1 N–H and O–H groups in total. The number of likely N-dealkylation sites (N-methyl/N-ethyl adjacent to an activating group) is 1. The molecule has 0 unspecified atom stereocenters. The molecule has 0 fully saturated rings. The topological polar surface area (TPSA) is 42.7 Å². The maximum Gasteiger partial charge on any atom is 0.0850 e. The molecular weight excluding hydrogens is 212 g/mol. The van der Waals surface area contributed by atoms with E-state index in [1.807, 2.05) is 43.6 Å². The predicted molar refractivity (Wildman–Crippen MR) is 68.2 cm³/mol. The third kappa shape index (κ3) is 2.91. The monoisotopic (exact) mass is 230 g/mol. The summed E-state index contributed by atoms with van der Waals surface area (Å²) < 4.78 is 1.81. The predicted octanol–water partition coefficient (Wildman–Crippen LogP) is 1.81. The first-order chi connectivity index (χ1) is 8.11. The van der Waals surface area contributed by atoms with Crippen LogP contribution in [0.1, 0.15) is 19.5 Å². The fraction of sp³-hybridized carbons (Fsp3) is 0.385. The van der Waals surface area contributed by atoms with Crippen molar-refractivity contribution < 1.29 is 0 Å². The van der Waals surface area contributed by atoms with Crippen molar-refractivity contribution in [2.24, 2.45) is 0 Å². The number of nitrogens with one attached hydrogen (secondary N) is 1. The molecule has 0 bridgehead atoms. The summed E-state index contributed by atoms with van der Waals surface area (Å²) >= 11 is 0. The Morgan fingerprint density at radius 3 is 2.59 bits per heavy atom. The Balaban J connectivity index is 2.17. The van der Waals surface area contributed by atoms with Crippen LogP contribution in [0.15, 0.2) is 36.5 Å². The molecule has 1 aromatic heterocycles. The lowest BCUT2D eigenvalue weighted by atomic mass is 9.99. The number of aromatic nitrogens is 3. The minimum Gasteiger partial charge on any atom is -0.314 e. The average Bonchev–Trinajstić information content (AvgIpc) is 2.78. The summed E-state index contributed by atoms with van der Waals surface area (Å²) in [5, 5.41) is 11.6. The van der Waals surface area contributed by atoms with Gasteiger partial charge in [-0.25, -0.2) is 4.68 Å². The van der Waals surface area contributed by atoms with E-state index >= 15 is 0 Å². The van der Waals surface area contributed by atoms with Gasteiger partial charge in [-0.1, -0.05) is 23.4 Å². The highest BCUT2D eigenvalue weighted by Crippen LogP contribution is 2.11. The molecule has 0 atom stereocenters. The summed E-state index contributed by atoms with van der Waals surface area (Å²) in [6.45, 7) is 4.29. The largest absolute Gasteiger partial charge is 0.314 e. The van der Waals surface area contributed by atoms with Gasteiger partial charge in [0.05, 0.1) is 17.6 Å². The molecule has 0 aliphatic carbocycles. The zero-order valence-electron chi connectivity index (χ0n) is 10.5. The Morgan fingerprint density at radius 2 is 1.94 bits per heavy atom. The van der Waals surface area contributed by atoms with Crippen molar-refractivity contribution in [1.29, 1.82) is 0 Å². The molecule has 4 heteroatoms. The van der Waals surface area contributed by atoms with Crippen LogP contribution in [0.5, 0.6) is 0 Å². The minimum atomic E-state index is 0.0392. The zero-order valence-corrected chi connectivity index (χ0v) is 10.5. The van der Waals surface area contributed by atoms with E-state index in [0.717, 1.165) is 17.8 Å². The van der Waals surface area contributed by atoms with E-state index in [-0.39, 0.29) is 5.54 Å². The summed E-state index contributed by atoms with van der Waals surface area (Å²) in [4.78, 5) is 0. The lowest BCUT2D eigenvalue weighted by Gasteiger charge is -2.22. The van der Waals surface area contributed by atoms with Crippen molar-refractivity contribution in [2.75, 3.05) is 7.05 Å². The first-order valence-corrected chi connectivity index (χ1v) is 5.76. The van der Waals surface area contributed by atoms with Gasteiger partial charge in [0, 0.05) is 12.0 Å². The second-order valence-corrected chi connectivity index (χ2v) is 4.80. The summed E-state index contributed by atoms with van der Waals surface area (Å²) in [6.07, 6.45) is 2.84. The van der Waals surface area contributed by atoms with E-state index in [0.29, 0.717) is 0 Å². The third-order valence-electron chi connectivity index (χ3n) is 2.86. The van der Waals surface area contributed by atoms with Crippen molar-refractivity contribution >= 4 is 0 Å². The van der Waals surface area contributed by atoms with Crippen molar-refractivity contribution in [2.45, 2.75) is 25.8 Å². The highest BCUT2D eigenvalue weighted by molar-refractivity contribution is 5.30. The van der Waals surface area contributed by atoms with Crippen LogP contribution in [0.2, 0.25) is 0 Å². The molecule has 1 aromatic carbocycles. The third-order valence-corrected chi connectivity index (χ3v) is 2.86. The molecule has 4 nitrogen and oxygen atoms in total. The maximum atomic E-state index is 4.20. The molecule has 2 aromatic rings. The molecule has 90 valence electrons. The molecule has 0 aliphatic rings. The van der Waals surface area contributed by atoms with Crippen LogP contribution in [0.3, 0.4) is 0 Å². The summed E-state index contributed by atoms with van der Waals surface area (Å²) in [6, 6.07) is 10.0. The van der Waals surface area contributed by atoms with Crippen molar-refractivity contribution in [3.05, 3.63) is 42.2 Å². The zero-order chi connectivity index (χ0) is 12.3. The first-order valence-electron chi connectivity index (χ1n) is 5.76. The molecule has 0 saturated carbocycles. The van der Waals surface area contributed by atoms with E-state index in [4.69, 9.17) is 0 Å². The first kappa shape index (κ1) is 11.8. The van der Waals surface area contributed by atoms with Crippen molar-refractivity contribution in [1.82, 2.24) is 20.3 Å². The highest BCUT2D eigenvalue weighted by atomic mass is 15.4. The van der Waals surface area contributed by atoms with Crippen LogP contribution in [0.25, 0.3) is 5.69 Å². The van der Waals surface area contributed by atoms with Crippen LogP contribution in [0.4, 0.5) is 0 Å². The van der Waals surface area contributed by atoms with Gasteiger partial charge in [0.1, 0.15) is 0 Å². The van der Waals surface area contributed by atoms with Gasteiger partial charge < -0.3 is 5.32 Å². The lowest BCUT2D eigenvalue weighted by Crippen LogP contribution is -2.38. The maximum absolute atomic E-state index is 4.20. The molecule has 0 aliphatic heterocycles. The summed E-state index contributed by atoms with van der Waals surface area (Å²) in [5.41, 5.74) is 2.07. The van der Waals surface area contributed by atoms with Crippen LogP contribution in [0, 0.1) is 0 Å². The Morgan fingerprint density at radius 1 is 1.24 bits per heavy atom. The molecule has 17 heavy (non-hydrogen) atoms. The molecule has 0 amide bonds. The summed E-state index contributed by atoms with van der Waals surface area (Å²) in [5.74, 6) is 0. The normalized spacial score (nSPS) is 11.7. The van der Waals surface area contributed by atoms with Gasteiger partial charge in [-0.05, 0) is 33.0 Å². The Hall–Kier alpha value is -1.68. The summed E-state index contributed by atoms with van der Waals surface area (Å²) in [7, 11) is 1.96. The standard InChI is InChI=1S/C13H18N4/c1-13(2,14-3)9-11-10-17(16-15-11)12-7-5-4-6-8-12/h4-8,10,14H,9H2,1-3H3. The molecule has 2 rings (SSSR count). The van der Waals surface area contributed by atoms with E-state index in [2.05, 4.69) is 29.5 Å². The van der Waals surface area contributed by atoms with Gasteiger partial charge in [0.15, 0.2) is 0 Å². The van der Waals surface area contributed by atoms with Gasteiger partial charge in [0.2, 0.25) is 0 Å². The van der Waals surface area contributed by atoms with Gasteiger partial charge >= 0.3 is 0 Å². The average molecular weight is 230 g/mol. The number of rotatable bonds is 4. The molecule has 0 radical (unpaired) electrons. The number of hydrogen-bond acceptors (Lipinski definition) is 3. The van der Waals surface area contributed by atoms with Crippen LogP contribution in [-0.2, 0) is 6.42 Å². The Bertz CT molecular complexity index is 473. The van der Waals surface area contributed by atoms with Crippen molar-refractivity contribution in [3.63, 3.8) is 0 Å². The Labute approximate surface area is 102 Å². The number of hydrogen-bond donors (Lipinski definition) is 1. The molecule has 0 spiro atoms. The van der Waals surface area contributed by atoms with Gasteiger partial charge in [-0.2, -0.15) is 0 Å². The van der Waals surface area contributed by atoms with Crippen LogP contribution >= 0.6 is 0 Å². The van der Waals surface area contributed by atoms with Gasteiger partial charge in [0.25, 0.3) is 0 Å². The van der Waals surface area contributed by atoms with Crippen LogP contribution in [-0.4, -0.2) is 27.6 Å². The lowest BCUT2D eigenvalue weighted by molar-refractivity contribution is 0.417. The molecule has 1 heterocycles. The van der Waals surface area contributed by atoms with Gasteiger partial charge in [-0.3, -0.25) is 0 Å². The molecular formula is C13H18N4. The SMILES string of the molecule is CNC(C)(C)Cc1cn(-c2ccccc2)nn1. The second-order valence-electron chi connectivity index (χ2n) is 4.80. The fourth-order valence-corrected chi connectivity index (χ4v) is 1.63. The smallest absolute Gasteiger partial charge is 0.0850 e. The second kappa shape index (κ2) is 4.67. The van der Waals surface area contributed by atoms with E-state index in [1.54, 1.807) is 4.68 Å². The van der Waals surface area contributed by atoms with E-state index in [9.17, 15) is 0 Å². The minimum absolute atomic E-state index is 0.0392. The van der Waals surface area contributed by atoms with Gasteiger partial charge in [-0.15, -0.1) is 5.10 Å². The molecule has 0 saturated heterocycles. The highest BCUT2D eigenvalue weighted by Gasteiger charge is 2.17. The van der Waals surface area contributed by atoms with Crippen molar-refractivity contribution in [3.8, 4) is 5.69 Å².